The number of nitrogens with zero attached hydrogens (tertiary/aromatic N) is 1. The predicted molar refractivity (Wildman–Crippen MR) is 114 cm³/mol. The van der Waals surface area contributed by atoms with E-state index in [1.165, 1.54) is 12.1 Å². The lowest BCUT2D eigenvalue weighted by atomic mass is 10.1. The van der Waals surface area contributed by atoms with Crippen molar-refractivity contribution in [2.24, 2.45) is 5.92 Å². The topological polar surface area (TPSA) is 49.4 Å². The summed E-state index contributed by atoms with van der Waals surface area (Å²) >= 11 is 5.93. The molecule has 2 amide bonds. The summed E-state index contributed by atoms with van der Waals surface area (Å²) in [6.07, 6.45) is 0.643. The maximum absolute atomic E-state index is 13.3. The van der Waals surface area contributed by atoms with Crippen molar-refractivity contribution in [3.63, 3.8) is 0 Å². The molecule has 1 N–H and O–H groups in total. The van der Waals surface area contributed by atoms with Crippen molar-refractivity contribution in [3.8, 4) is 0 Å². The van der Waals surface area contributed by atoms with Gasteiger partial charge in [-0.1, -0.05) is 56.6 Å². The summed E-state index contributed by atoms with van der Waals surface area (Å²) in [5.41, 5.74) is 1.59. The second-order valence-corrected chi connectivity index (χ2v) is 7.95. The summed E-state index contributed by atoms with van der Waals surface area (Å²) in [6, 6.07) is 12.5. The Balaban J connectivity index is 2.24. The van der Waals surface area contributed by atoms with Gasteiger partial charge in [-0.05, 0) is 47.7 Å². The van der Waals surface area contributed by atoms with Gasteiger partial charge >= 0.3 is 0 Å². The molecule has 1 atom stereocenters. The van der Waals surface area contributed by atoms with E-state index in [0.717, 1.165) is 11.1 Å². The molecular weight excluding hydrogens is 391 g/mol. The quantitative estimate of drug-likeness (QED) is 0.646. The SMILES string of the molecule is CC[C@@H](C(=O)NCC(C)C)N(Cc1ccc(F)cc1)C(=O)Cc1ccc(Cl)cc1. The Kier molecular flexibility index (Phi) is 8.65. The lowest BCUT2D eigenvalue weighted by molar-refractivity contribution is -0.141. The van der Waals surface area contributed by atoms with Crippen LogP contribution >= 0.6 is 11.6 Å². The van der Waals surface area contributed by atoms with Crippen LogP contribution in [0.2, 0.25) is 5.02 Å². The van der Waals surface area contributed by atoms with Gasteiger partial charge in [0.25, 0.3) is 0 Å². The Morgan fingerprint density at radius 1 is 1.03 bits per heavy atom. The number of carbonyl (C=O) groups is 2. The molecule has 0 saturated carbocycles. The zero-order valence-electron chi connectivity index (χ0n) is 17.1. The molecule has 4 nitrogen and oxygen atoms in total. The van der Waals surface area contributed by atoms with Crippen LogP contribution in [0.25, 0.3) is 0 Å². The molecule has 2 aromatic rings. The average molecular weight is 419 g/mol. The minimum atomic E-state index is -0.599. The molecule has 2 rings (SSSR count). The number of hydrogen-bond donors (Lipinski definition) is 1. The third-order valence-electron chi connectivity index (χ3n) is 4.61. The van der Waals surface area contributed by atoms with Crippen LogP contribution in [0.15, 0.2) is 48.5 Å². The highest BCUT2D eigenvalue weighted by Gasteiger charge is 2.28. The largest absolute Gasteiger partial charge is 0.354 e. The molecule has 0 heterocycles. The zero-order valence-corrected chi connectivity index (χ0v) is 17.9. The Bertz CT molecular complexity index is 807. The van der Waals surface area contributed by atoms with Gasteiger partial charge in [-0.15, -0.1) is 0 Å². The third kappa shape index (κ3) is 7.17. The second kappa shape index (κ2) is 11.0. The van der Waals surface area contributed by atoms with Gasteiger partial charge < -0.3 is 10.2 Å². The zero-order chi connectivity index (χ0) is 21.4. The lowest BCUT2D eigenvalue weighted by Crippen LogP contribution is -2.50. The van der Waals surface area contributed by atoms with Crippen molar-refractivity contribution in [1.29, 1.82) is 0 Å². The molecule has 0 radical (unpaired) electrons. The summed E-state index contributed by atoms with van der Waals surface area (Å²) in [4.78, 5) is 27.5. The fourth-order valence-corrected chi connectivity index (χ4v) is 3.13. The first-order chi connectivity index (χ1) is 13.8. The second-order valence-electron chi connectivity index (χ2n) is 7.51. The molecule has 2 aromatic carbocycles. The van der Waals surface area contributed by atoms with Crippen molar-refractivity contribution >= 4 is 23.4 Å². The van der Waals surface area contributed by atoms with Crippen LogP contribution in [0.3, 0.4) is 0 Å². The number of halogens is 2. The smallest absolute Gasteiger partial charge is 0.242 e. The van der Waals surface area contributed by atoms with Crippen LogP contribution in [0.1, 0.15) is 38.3 Å². The summed E-state index contributed by atoms with van der Waals surface area (Å²) < 4.78 is 13.3. The molecule has 0 spiro atoms. The van der Waals surface area contributed by atoms with Gasteiger partial charge in [-0.25, -0.2) is 4.39 Å². The van der Waals surface area contributed by atoms with E-state index in [2.05, 4.69) is 5.32 Å². The molecule has 0 fully saturated rings. The standard InChI is InChI=1S/C23H28ClFN2O2/c1-4-21(23(29)26-14-16(2)3)27(15-18-7-11-20(25)12-8-18)22(28)13-17-5-9-19(24)10-6-17/h5-12,16,21H,4,13-15H2,1-3H3,(H,26,29)/t21-/m0/s1. The molecule has 0 aliphatic carbocycles. The van der Waals surface area contributed by atoms with E-state index in [4.69, 9.17) is 11.6 Å². The Hall–Kier alpha value is -2.40. The monoisotopic (exact) mass is 418 g/mol. The van der Waals surface area contributed by atoms with E-state index in [0.29, 0.717) is 23.9 Å². The van der Waals surface area contributed by atoms with Crippen LogP contribution in [0.5, 0.6) is 0 Å². The highest BCUT2D eigenvalue weighted by molar-refractivity contribution is 6.30. The van der Waals surface area contributed by atoms with Crippen LogP contribution in [0.4, 0.5) is 4.39 Å². The van der Waals surface area contributed by atoms with E-state index in [1.807, 2.05) is 20.8 Å². The number of nitrogens with one attached hydrogen (secondary N) is 1. The Labute approximate surface area is 177 Å². The summed E-state index contributed by atoms with van der Waals surface area (Å²) in [6.45, 7) is 6.70. The predicted octanol–water partition coefficient (Wildman–Crippen LogP) is 4.60. The minimum Gasteiger partial charge on any atom is -0.354 e. The first-order valence-electron chi connectivity index (χ1n) is 9.86. The maximum Gasteiger partial charge on any atom is 0.242 e. The van der Waals surface area contributed by atoms with Gasteiger partial charge in [0, 0.05) is 18.1 Å². The average Bonchev–Trinajstić information content (AvgIpc) is 2.69. The molecule has 156 valence electrons. The highest BCUT2D eigenvalue weighted by Crippen LogP contribution is 2.16. The van der Waals surface area contributed by atoms with Crippen molar-refractivity contribution in [2.75, 3.05) is 6.54 Å². The molecular formula is C23H28ClFN2O2. The maximum atomic E-state index is 13.3. The minimum absolute atomic E-state index is 0.159. The summed E-state index contributed by atoms with van der Waals surface area (Å²) in [7, 11) is 0. The fourth-order valence-electron chi connectivity index (χ4n) is 3.01. The van der Waals surface area contributed by atoms with E-state index in [-0.39, 0.29) is 30.6 Å². The normalized spacial score (nSPS) is 11.9. The lowest BCUT2D eigenvalue weighted by Gasteiger charge is -2.31. The molecule has 0 bridgehead atoms. The number of benzene rings is 2. The van der Waals surface area contributed by atoms with Crippen LogP contribution in [0, 0.1) is 11.7 Å². The highest BCUT2D eigenvalue weighted by atomic mass is 35.5. The molecule has 0 unspecified atom stereocenters. The molecule has 0 saturated heterocycles. The molecule has 6 heteroatoms. The van der Waals surface area contributed by atoms with Crippen molar-refractivity contribution < 1.29 is 14.0 Å². The number of amides is 2. The molecule has 0 aromatic heterocycles. The van der Waals surface area contributed by atoms with Crippen LogP contribution in [-0.4, -0.2) is 29.3 Å². The van der Waals surface area contributed by atoms with E-state index < -0.39 is 6.04 Å². The van der Waals surface area contributed by atoms with Crippen molar-refractivity contribution in [2.45, 2.75) is 46.2 Å². The number of carbonyl (C=O) groups excluding carboxylic acids is 2. The third-order valence-corrected chi connectivity index (χ3v) is 4.86. The van der Waals surface area contributed by atoms with Gasteiger partial charge in [0.2, 0.25) is 11.8 Å². The Morgan fingerprint density at radius 2 is 1.62 bits per heavy atom. The van der Waals surface area contributed by atoms with E-state index in [9.17, 15) is 14.0 Å². The first kappa shape index (κ1) is 22.9. The number of rotatable bonds is 9. The van der Waals surface area contributed by atoms with Gasteiger partial charge in [-0.3, -0.25) is 9.59 Å². The van der Waals surface area contributed by atoms with Gasteiger partial charge in [-0.2, -0.15) is 0 Å². The summed E-state index contributed by atoms with van der Waals surface area (Å²) in [5, 5.41) is 3.53. The van der Waals surface area contributed by atoms with E-state index in [1.54, 1.807) is 41.3 Å². The van der Waals surface area contributed by atoms with Crippen LogP contribution < -0.4 is 5.32 Å². The van der Waals surface area contributed by atoms with Crippen LogP contribution in [-0.2, 0) is 22.6 Å². The fraction of sp³-hybridized carbons (Fsp3) is 0.391. The van der Waals surface area contributed by atoms with Gasteiger partial charge in [0.15, 0.2) is 0 Å². The molecule has 29 heavy (non-hydrogen) atoms. The van der Waals surface area contributed by atoms with Gasteiger partial charge in [0.1, 0.15) is 11.9 Å². The van der Waals surface area contributed by atoms with Crippen molar-refractivity contribution in [1.82, 2.24) is 10.2 Å². The Morgan fingerprint density at radius 3 is 2.17 bits per heavy atom. The molecule has 0 aliphatic heterocycles. The molecule has 0 aliphatic rings. The number of hydrogen-bond acceptors (Lipinski definition) is 2. The van der Waals surface area contributed by atoms with E-state index >= 15 is 0 Å². The van der Waals surface area contributed by atoms with Crippen molar-refractivity contribution in [3.05, 3.63) is 70.5 Å². The summed E-state index contributed by atoms with van der Waals surface area (Å²) in [5.74, 6) is -0.364. The van der Waals surface area contributed by atoms with Gasteiger partial charge in [0.05, 0.1) is 6.42 Å². The first-order valence-corrected chi connectivity index (χ1v) is 10.2.